The van der Waals surface area contributed by atoms with Crippen LogP contribution in [0.5, 0.6) is 0 Å². The highest BCUT2D eigenvalue weighted by atomic mass is 32.2. The highest BCUT2D eigenvalue weighted by Crippen LogP contribution is 2.35. The van der Waals surface area contributed by atoms with Crippen LogP contribution in [0.2, 0.25) is 0 Å². The summed E-state index contributed by atoms with van der Waals surface area (Å²) in [5.41, 5.74) is 5.23. The van der Waals surface area contributed by atoms with E-state index >= 15 is 0 Å². The Labute approximate surface area is 181 Å². The number of hydrogen-bond donors (Lipinski definition) is 3. The lowest BCUT2D eigenvalue weighted by Gasteiger charge is -2.22. The number of carbonyl (C=O) groups excluding carboxylic acids is 1. The first-order chi connectivity index (χ1) is 14.9. The van der Waals surface area contributed by atoms with E-state index in [9.17, 15) is 9.00 Å². The molecule has 0 saturated heterocycles. The van der Waals surface area contributed by atoms with Crippen LogP contribution in [0, 0.1) is 6.92 Å². The van der Waals surface area contributed by atoms with Gasteiger partial charge in [-0.2, -0.15) is 0 Å². The Kier molecular flexibility index (Phi) is 5.42. The number of benzene rings is 1. The van der Waals surface area contributed by atoms with E-state index < -0.39 is 11.0 Å². The van der Waals surface area contributed by atoms with Gasteiger partial charge in [0.15, 0.2) is 5.65 Å². The van der Waals surface area contributed by atoms with E-state index in [-0.39, 0.29) is 0 Å². The number of nitrogens with zero attached hydrogens (tertiary/aromatic N) is 5. The first-order valence-corrected chi connectivity index (χ1v) is 10.9. The standard InChI is InChI=1S/C20H22N8O2S/c1-12-23-19-15(8-18(22-11-29)26-20(19)24-12)25-14-6-5-13(17-9-21-10-27(17)2)7-16(14)28(3)31(4)30/h5-11H,1-4H3,(H3,22,23,24,25,26,29). The van der Waals surface area contributed by atoms with Crippen molar-refractivity contribution in [2.75, 3.05) is 28.2 Å². The predicted octanol–water partition coefficient (Wildman–Crippen LogP) is 2.71. The third kappa shape index (κ3) is 3.99. The lowest BCUT2D eigenvalue weighted by atomic mass is 10.1. The Bertz CT molecular complexity index is 1300. The van der Waals surface area contributed by atoms with E-state index in [4.69, 9.17) is 0 Å². The first kappa shape index (κ1) is 20.5. The molecular formula is C20H22N8O2S. The molecule has 4 rings (SSSR count). The number of aryl methyl sites for hydroxylation is 2. The second kappa shape index (κ2) is 8.19. The smallest absolute Gasteiger partial charge is 0.212 e. The summed E-state index contributed by atoms with van der Waals surface area (Å²) in [7, 11) is 2.45. The molecule has 10 nitrogen and oxygen atoms in total. The molecule has 3 heterocycles. The van der Waals surface area contributed by atoms with Crippen LogP contribution < -0.4 is 14.9 Å². The molecule has 0 bridgehead atoms. The van der Waals surface area contributed by atoms with Crippen LogP contribution in [0.25, 0.3) is 22.4 Å². The van der Waals surface area contributed by atoms with Crippen molar-refractivity contribution in [1.29, 1.82) is 0 Å². The Balaban J connectivity index is 1.83. The number of nitrogens with one attached hydrogen (secondary N) is 3. The van der Waals surface area contributed by atoms with Gasteiger partial charge in [-0.3, -0.25) is 9.10 Å². The van der Waals surface area contributed by atoms with E-state index in [0.29, 0.717) is 34.9 Å². The van der Waals surface area contributed by atoms with Crippen molar-refractivity contribution in [3.8, 4) is 11.3 Å². The van der Waals surface area contributed by atoms with Crippen LogP contribution in [0.3, 0.4) is 0 Å². The average Bonchev–Trinajstić information content (AvgIpc) is 3.32. The van der Waals surface area contributed by atoms with Gasteiger partial charge in [0.2, 0.25) is 6.41 Å². The Hall–Kier alpha value is -3.73. The van der Waals surface area contributed by atoms with Crippen LogP contribution in [0.15, 0.2) is 36.8 Å². The van der Waals surface area contributed by atoms with Crippen molar-refractivity contribution in [2.24, 2.45) is 7.05 Å². The van der Waals surface area contributed by atoms with Gasteiger partial charge < -0.3 is 20.2 Å². The van der Waals surface area contributed by atoms with Crippen LogP contribution >= 0.6 is 0 Å². The van der Waals surface area contributed by atoms with Gasteiger partial charge >= 0.3 is 0 Å². The number of imidazole rings is 2. The fourth-order valence-electron chi connectivity index (χ4n) is 3.31. The van der Waals surface area contributed by atoms with Gasteiger partial charge in [0.1, 0.15) is 28.1 Å². The summed E-state index contributed by atoms with van der Waals surface area (Å²) in [5, 5.41) is 5.96. The summed E-state index contributed by atoms with van der Waals surface area (Å²) in [5.74, 6) is 1.07. The number of hydrogen-bond acceptors (Lipinski definition) is 6. The van der Waals surface area contributed by atoms with Crippen LogP contribution in [0.1, 0.15) is 5.82 Å². The Morgan fingerprint density at radius 3 is 2.71 bits per heavy atom. The quantitative estimate of drug-likeness (QED) is 0.382. The first-order valence-electron chi connectivity index (χ1n) is 9.40. The molecule has 11 heteroatoms. The molecule has 4 aromatic rings. The lowest BCUT2D eigenvalue weighted by molar-refractivity contribution is -0.105. The van der Waals surface area contributed by atoms with Gasteiger partial charge in [-0.05, 0) is 19.1 Å². The zero-order valence-corrected chi connectivity index (χ0v) is 18.3. The van der Waals surface area contributed by atoms with Crippen molar-refractivity contribution in [1.82, 2.24) is 24.5 Å². The molecule has 3 aromatic heterocycles. The predicted molar refractivity (Wildman–Crippen MR) is 123 cm³/mol. The minimum Gasteiger partial charge on any atom is -0.352 e. The summed E-state index contributed by atoms with van der Waals surface area (Å²) in [6.45, 7) is 1.83. The average molecular weight is 439 g/mol. The fourth-order valence-corrected chi connectivity index (χ4v) is 3.74. The Morgan fingerprint density at radius 1 is 1.23 bits per heavy atom. The molecule has 1 unspecified atom stereocenters. The number of anilines is 4. The molecular weight excluding hydrogens is 416 g/mol. The van der Waals surface area contributed by atoms with Gasteiger partial charge in [-0.1, -0.05) is 6.07 Å². The van der Waals surface area contributed by atoms with Crippen LogP contribution in [-0.4, -0.2) is 48.4 Å². The number of amides is 1. The number of aromatic amines is 1. The molecule has 160 valence electrons. The maximum atomic E-state index is 12.3. The molecule has 31 heavy (non-hydrogen) atoms. The molecule has 1 amide bonds. The van der Waals surface area contributed by atoms with E-state index in [2.05, 4.69) is 30.6 Å². The summed E-state index contributed by atoms with van der Waals surface area (Å²) in [6.07, 6.45) is 5.71. The third-order valence-electron chi connectivity index (χ3n) is 4.89. The van der Waals surface area contributed by atoms with Crippen LogP contribution in [-0.2, 0) is 22.8 Å². The number of rotatable bonds is 7. The summed E-state index contributed by atoms with van der Waals surface area (Å²) in [6, 6.07) is 7.57. The van der Waals surface area contributed by atoms with Crippen molar-refractivity contribution in [3.05, 3.63) is 42.6 Å². The van der Waals surface area contributed by atoms with Gasteiger partial charge in [0.05, 0.1) is 35.3 Å². The normalized spacial score (nSPS) is 12.0. The molecule has 0 aliphatic rings. The second-order valence-electron chi connectivity index (χ2n) is 7.01. The monoisotopic (exact) mass is 438 g/mol. The second-order valence-corrected chi connectivity index (χ2v) is 8.40. The largest absolute Gasteiger partial charge is 0.352 e. The lowest BCUT2D eigenvalue weighted by Crippen LogP contribution is -2.20. The van der Waals surface area contributed by atoms with Gasteiger partial charge in [-0.15, -0.1) is 0 Å². The molecule has 0 spiro atoms. The molecule has 0 radical (unpaired) electrons. The van der Waals surface area contributed by atoms with Gasteiger partial charge in [-0.25, -0.2) is 19.2 Å². The molecule has 0 aliphatic carbocycles. The van der Waals surface area contributed by atoms with Crippen molar-refractivity contribution >= 4 is 51.4 Å². The Morgan fingerprint density at radius 2 is 2.03 bits per heavy atom. The van der Waals surface area contributed by atoms with E-state index in [1.54, 1.807) is 36.2 Å². The number of H-pyrrole nitrogens is 1. The van der Waals surface area contributed by atoms with E-state index in [1.807, 2.05) is 36.7 Å². The molecule has 1 aromatic carbocycles. The molecule has 3 N–H and O–H groups in total. The van der Waals surface area contributed by atoms with Crippen molar-refractivity contribution in [3.63, 3.8) is 0 Å². The highest BCUT2D eigenvalue weighted by molar-refractivity contribution is 7.85. The van der Waals surface area contributed by atoms with Crippen molar-refractivity contribution in [2.45, 2.75) is 6.92 Å². The molecule has 0 fully saturated rings. The molecule has 1 atom stereocenters. The van der Waals surface area contributed by atoms with Crippen LogP contribution in [0.4, 0.5) is 22.9 Å². The molecule has 0 saturated carbocycles. The fraction of sp³-hybridized carbons (Fsp3) is 0.200. The van der Waals surface area contributed by atoms with Gasteiger partial charge in [0.25, 0.3) is 0 Å². The van der Waals surface area contributed by atoms with Gasteiger partial charge in [0, 0.05) is 32.0 Å². The summed E-state index contributed by atoms with van der Waals surface area (Å²) in [4.78, 5) is 27.0. The van der Waals surface area contributed by atoms with E-state index in [1.165, 1.54) is 0 Å². The highest BCUT2D eigenvalue weighted by Gasteiger charge is 2.16. The number of carbonyl (C=O) groups is 1. The topological polar surface area (TPSA) is 121 Å². The maximum Gasteiger partial charge on any atom is 0.212 e. The minimum atomic E-state index is -1.24. The summed E-state index contributed by atoms with van der Waals surface area (Å²) >= 11 is 0. The molecule has 0 aliphatic heterocycles. The third-order valence-corrected chi connectivity index (χ3v) is 5.86. The number of fused-ring (bicyclic) bond motifs is 1. The SMILES string of the molecule is Cc1nc2nc(NC=O)cc(Nc3ccc(-c4cncn4C)cc3N(C)S(C)=O)c2[nH]1. The van der Waals surface area contributed by atoms with Crippen molar-refractivity contribution < 1.29 is 9.00 Å². The zero-order valence-electron chi connectivity index (χ0n) is 17.5. The number of aromatic nitrogens is 5. The van der Waals surface area contributed by atoms with E-state index in [0.717, 1.165) is 22.6 Å². The maximum absolute atomic E-state index is 12.3. The number of pyridine rings is 1. The zero-order chi connectivity index (χ0) is 22.1. The minimum absolute atomic E-state index is 0.372. The summed E-state index contributed by atoms with van der Waals surface area (Å²) < 4.78 is 15.9.